The molecule has 2 rings (SSSR count). The van der Waals surface area contributed by atoms with E-state index in [1.54, 1.807) is 4.90 Å². The first kappa shape index (κ1) is 17.8. The molecule has 1 aromatic rings. The van der Waals surface area contributed by atoms with Gasteiger partial charge in [0.2, 0.25) is 10.0 Å². The lowest BCUT2D eigenvalue weighted by Gasteiger charge is -2.28. The van der Waals surface area contributed by atoms with Crippen LogP contribution < -0.4 is 5.14 Å². The van der Waals surface area contributed by atoms with Crippen molar-refractivity contribution in [3.05, 3.63) is 29.6 Å². The van der Waals surface area contributed by atoms with Gasteiger partial charge < -0.3 is 9.80 Å². The van der Waals surface area contributed by atoms with E-state index < -0.39 is 21.7 Å². The zero-order valence-corrected chi connectivity index (χ0v) is 14.1. The van der Waals surface area contributed by atoms with Gasteiger partial charge in [0.15, 0.2) is 0 Å². The van der Waals surface area contributed by atoms with Crippen molar-refractivity contribution < 1.29 is 17.6 Å². The molecule has 1 saturated heterocycles. The quantitative estimate of drug-likeness (QED) is 0.888. The Morgan fingerprint density at radius 3 is 2.65 bits per heavy atom. The zero-order valence-electron chi connectivity index (χ0n) is 13.3. The van der Waals surface area contributed by atoms with Gasteiger partial charge in [-0.05, 0) is 45.1 Å². The van der Waals surface area contributed by atoms with Gasteiger partial charge in [0.05, 0.1) is 10.5 Å². The molecule has 1 amide bonds. The number of carbonyl (C=O) groups excluding carboxylic acids is 1. The minimum Gasteiger partial charge on any atom is -0.337 e. The van der Waals surface area contributed by atoms with Crippen LogP contribution in [-0.2, 0) is 10.0 Å². The molecule has 2 N–H and O–H groups in total. The van der Waals surface area contributed by atoms with Crippen molar-refractivity contribution in [2.24, 2.45) is 5.14 Å². The molecule has 1 aliphatic rings. The fraction of sp³-hybridized carbons (Fsp3) is 0.533. The standard InChI is InChI=1S/C15H22FN3O3S/c1-18(2)11-5-3-4-8-19(10-11)15(20)13-9-12(23(17,21)22)6-7-14(13)16/h6-7,9,11H,3-5,8,10H2,1-2H3,(H2,17,21,22). The molecule has 0 aliphatic carbocycles. The molecule has 0 spiro atoms. The molecule has 0 aromatic heterocycles. The Morgan fingerprint density at radius 2 is 2.04 bits per heavy atom. The first-order chi connectivity index (χ1) is 10.7. The minimum atomic E-state index is -3.98. The van der Waals surface area contributed by atoms with Gasteiger partial charge in [-0.1, -0.05) is 6.42 Å². The second-order valence-electron chi connectivity index (χ2n) is 6.05. The van der Waals surface area contributed by atoms with Crippen molar-refractivity contribution in [3.63, 3.8) is 0 Å². The van der Waals surface area contributed by atoms with Crippen molar-refractivity contribution in [2.45, 2.75) is 30.2 Å². The summed E-state index contributed by atoms with van der Waals surface area (Å²) in [6.07, 6.45) is 2.80. The maximum atomic E-state index is 14.0. The van der Waals surface area contributed by atoms with E-state index in [9.17, 15) is 17.6 Å². The number of rotatable bonds is 3. The highest BCUT2D eigenvalue weighted by Gasteiger charge is 2.26. The first-order valence-electron chi connectivity index (χ1n) is 7.48. The van der Waals surface area contributed by atoms with Crippen LogP contribution in [0, 0.1) is 5.82 Å². The summed E-state index contributed by atoms with van der Waals surface area (Å²) < 4.78 is 36.9. The molecule has 1 heterocycles. The number of sulfonamides is 1. The Morgan fingerprint density at radius 1 is 1.35 bits per heavy atom. The lowest BCUT2D eigenvalue weighted by molar-refractivity contribution is 0.0720. The van der Waals surface area contributed by atoms with E-state index >= 15 is 0 Å². The van der Waals surface area contributed by atoms with E-state index in [-0.39, 0.29) is 16.5 Å². The summed E-state index contributed by atoms with van der Waals surface area (Å²) in [4.78, 5) is 16.0. The zero-order chi connectivity index (χ0) is 17.2. The van der Waals surface area contributed by atoms with Crippen molar-refractivity contribution in [1.82, 2.24) is 9.80 Å². The van der Waals surface area contributed by atoms with Crippen LogP contribution in [0.25, 0.3) is 0 Å². The van der Waals surface area contributed by atoms with Crippen molar-refractivity contribution in [2.75, 3.05) is 27.2 Å². The average Bonchev–Trinajstić information content (AvgIpc) is 2.71. The van der Waals surface area contributed by atoms with Crippen LogP contribution in [0.4, 0.5) is 4.39 Å². The first-order valence-corrected chi connectivity index (χ1v) is 9.03. The number of likely N-dealkylation sites (N-methyl/N-ethyl adjacent to an activating group) is 1. The van der Waals surface area contributed by atoms with E-state index in [0.29, 0.717) is 13.1 Å². The van der Waals surface area contributed by atoms with Crippen LogP contribution in [0.15, 0.2) is 23.1 Å². The predicted octanol–water partition coefficient (Wildman–Crippen LogP) is 1.03. The molecule has 0 bridgehead atoms. The fourth-order valence-corrected chi connectivity index (χ4v) is 3.28. The number of nitrogens with two attached hydrogens (primary N) is 1. The Kier molecular flexibility index (Phi) is 5.38. The van der Waals surface area contributed by atoms with Crippen molar-refractivity contribution in [3.8, 4) is 0 Å². The number of carbonyl (C=O) groups is 1. The molecule has 1 atom stereocenters. The summed E-state index contributed by atoms with van der Waals surface area (Å²) in [6.45, 7) is 1.02. The monoisotopic (exact) mass is 343 g/mol. The lowest BCUT2D eigenvalue weighted by Crippen LogP contribution is -2.42. The number of amides is 1. The third-order valence-electron chi connectivity index (χ3n) is 4.16. The molecule has 1 aromatic carbocycles. The van der Waals surface area contributed by atoms with Gasteiger partial charge in [-0.15, -0.1) is 0 Å². The van der Waals surface area contributed by atoms with Gasteiger partial charge in [0.1, 0.15) is 5.82 Å². The third-order valence-corrected chi connectivity index (χ3v) is 5.07. The van der Waals surface area contributed by atoms with E-state index in [0.717, 1.165) is 37.5 Å². The van der Waals surface area contributed by atoms with E-state index in [4.69, 9.17) is 5.14 Å². The average molecular weight is 343 g/mol. The number of hydrogen-bond acceptors (Lipinski definition) is 4. The van der Waals surface area contributed by atoms with Gasteiger partial charge in [0.25, 0.3) is 5.91 Å². The normalized spacial score (nSPS) is 19.7. The van der Waals surface area contributed by atoms with Crippen LogP contribution in [0.1, 0.15) is 29.6 Å². The topological polar surface area (TPSA) is 83.7 Å². The minimum absolute atomic E-state index is 0.200. The second-order valence-corrected chi connectivity index (χ2v) is 7.61. The highest BCUT2D eigenvalue weighted by molar-refractivity contribution is 7.89. The number of benzene rings is 1. The van der Waals surface area contributed by atoms with E-state index in [2.05, 4.69) is 0 Å². The summed E-state index contributed by atoms with van der Waals surface area (Å²) >= 11 is 0. The highest BCUT2D eigenvalue weighted by atomic mass is 32.2. The van der Waals surface area contributed by atoms with Gasteiger partial charge in [-0.2, -0.15) is 0 Å². The molecule has 1 fully saturated rings. The molecule has 1 aliphatic heterocycles. The van der Waals surface area contributed by atoms with Gasteiger partial charge in [-0.3, -0.25) is 4.79 Å². The summed E-state index contributed by atoms with van der Waals surface area (Å²) in [5.74, 6) is -1.24. The maximum Gasteiger partial charge on any atom is 0.256 e. The Labute approximate surface area is 136 Å². The summed E-state index contributed by atoms with van der Waals surface area (Å²) in [5, 5.41) is 5.06. The lowest BCUT2D eigenvalue weighted by atomic mass is 10.1. The Balaban J connectivity index is 2.32. The van der Waals surface area contributed by atoms with Crippen LogP contribution in [0.2, 0.25) is 0 Å². The third kappa shape index (κ3) is 4.27. The number of nitrogens with zero attached hydrogens (tertiary/aromatic N) is 2. The van der Waals surface area contributed by atoms with Crippen LogP contribution in [0.3, 0.4) is 0 Å². The molecule has 0 saturated carbocycles. The van der Waals surface area contributed by atoms with Crippen LogP contribution >= 0.6 is 0 Å². The van der Waals surface area contributed by atoms with Gasteiger partial charge in [0, 0.05) is 19.1 Å². The van der Waals surface area contributed by atoms with Gasteiger partial charge in [-0.25, -0.2) is 17.9 Å². The largest absolute Gasteiger partial charge is 0.337 e. The summed E-state index contributed by atoms with van der Waals surface area (Å²) in [6, 6.07) is 3.24. The molecule has 1 unspecified atom stereocenters. The Hall–Kier alpha value is -1.51. The molecular weight excluding hydrogens is 321 g/mol. The maximum absolute atomic E-state index is 14.0. The van der Waals surface area contributed by atoms with Crippen molar-refractivity contribution in [1.29, 1.82) is 0 Å². The molecule has 128 valence electrons. The van der Waals surface area contributed by atoms with Gasteiger partial charge >= 0.3 is 0 Å². The van der Waals surface area contributed by atoms with Crippen LogP contribution in [-0.4, -0.2) is 57.4 Å². The molecule has 6 nitrogen and oxygen atoms in total. The second kappa shape index (κ2) is 6.94. The smallest absolute Gasteiger partial charge is 0.256 e. The number of halogens is 1. The molecule has 23 heavy (non-hydrogen) atoms. The predicted molar refractivity (Wildman–Crippen MR) is 85.0 cm³/mol. The fourth-order valence-electron chi connectivity index (χ4n) is 2.74. The number of hydrogen-bond donors (Lipinski definition) is 1. The number of primary sulfonamides is 1. The SMILES string of the molecule is CN(C)C1CCCCN(C(=O)c2cc(S(N)(=O)=O)ccc2F)C1. The molecule has 0 radical (unpaired) electrons. The molecule has 8 heteroatoms. The molecular formula is C15H22FN3O3S. The van der Waals surface area contributed by atoms with E-state index in [1.165, 1.54) is 0 Å². The van der Waals surface area contributed by atoms with E-state index in [1.807, 2.05) is 19.0 Å². The van der Waals surface area contributed by atoms with Crippen molar-refractivity contribution >= 4 is 15.9 Å². The van der Waals surface area contributed by atoms with Crippen LogP contribution in [0.5, 0.6) is 0 Å². The summed E-state index contributed by atoms with van der Waals surface area (Å²) in [5.41, 5.74) is -0.254. The Bertz CT molecular complexity index is 691. The number of likely N-dealkylation sites (tertiary alicyclic amines) is 1. The summed E-state index contributed by atoms with van der Waals surface area (Å²) in [7, 11) is -0.0928. The highest BCUT2D eigenvalue weighted by Crippen LogP contribution is 2.20.